The first-order chi connectivity index (χ1) is 12.0. The van der Waals surface area contributed by atoms with Crippen molar-refractivity contribution >= 4 is 16.3 Å². The summed E-state index contributed by atoms with van der Waals surface area (Å²) >= 11 is 1.50. The zero-order valence-electron chi connectivity index (χ0n) is 14.6. The van der Waals surface area contributed by atoms with E-state index in [0.29, 0.717) is 5.82 Å². The van der Waals surface area contributed by atoms with Crippen LogP contribution < -0.4 is 0 Å². The van der Waals surface area contributed by atoms with Crippen molar-refractivity contribution in [3.05, 3.63) is 46.6 Å². The molecule has 4 rings (SSSR count). The lowest BCUT2D eigenvalue weighted by molar-refractivity contribution is -0.0764. The topological polar surface area (TPSA) is 62.9 Å². The Morgan fingerprint density at radius 3 is 2.52 bits per heavy atom. The molecular weight excluding hydrogens is 336 g/mol. The van der Waals surface area contributed by atoms with Crippen LogP contribution in [-0.2, 0) is 4.74 Å². The van der Waals surface area contributed by atoms with Gasteiger partial charge in [0.25, 0.3) is 0 Å². The van der Waals surface area contributed by atoms with Gasteiger partial charge in [-0.1, -0.05) is 41.7 Å². The maximum Gasteiger partial charge on any atom is 0.230 e. The van der Waals surface area contributed by atoms with Gasteiger partial charge >= 0.3 is 0 Å². The maximum absolute atomic E-state index is 10.8. The fraction of sp³-hybridized carbons (Fsp3) is 0.444. The summed E-state index contributed by atoms with van der Waals surface area (Å²) in [6, 6.07) is 10.3. The Morgan fingerprint density at radius 2 is 1.88 bits per heavy atom. The number of thiazole rings is 1. The Morgan fingerprint density at radius 1 is 1.20 bits per heavy atom. The van der Waals surface area contributed by atoms with Crippen LogP contribution in [0.25, 0.3) is 4.96 Å². The molecule has 0 aliphatic carbocycles. The summed E-state index contributed by atoms with van der Waals surface area (Å²) in [6.45, 7) is 7.65. The van der Waals surface area contributed by atoms with Crippen LogP contribution in [0.4, 0.5) is 0 Å². The molecule has 1 aliphatic rings. The number of aryl methyl sites for hydroxylation is 1. The van der Waals surface area contributed by atoms with Crippen LogP contribution in [0, 0.1) is 6.92 Å². The Labute approximate surface area is 150 Å². The van der Waals surface area contributed by atoms with Gasteiger partial charge < -0.3 is 9.84 Å². The molecule has 1 fully saturated rings. The summed E-state index contributed by atoms with van der Waals surface area (Å²) in [5.41, 5.74) is 1.15. The molecule has 25 heavy (non-hydrogen) atoms. The van der Waals surface area contributed by atoms with E-state index in [1.54, 1.807) is 4.52 Å². The lowest BCUT2D eigenvalue weighted by Gasteiger charge is -2.40. The van der Waals surface area contributed by atoms with Crippen molar-refractivity contribution < 1.29 is 9.84 Å². The van der Waals surface area contributed by atoms with Crippen molar-refractivity contribution in [2.75, 3.05) is 13.1 Å². The van der Waals surface area contributed by atoms with Crippen molar-refractivity contribution in [3.63, 3.8) is 0 Å². The smallest absolute Gasteiger partial charge is 0.230 e. The quantitative estimate of drug-likeness (QED) is 0.780. The second-order valence-electron chi connectivity index (χ2n) is 6.67. The van der Waals surface area contributed by atoms with E-state index in [1.165, 1.54) is 11.3 Å². The number of hydrogen-bond donors (Lipinski definition) is 1. The minimum Gasteiger partial charge on any atom is -0.492 e. The molecule has 0 saturated carbocycles. The molecule has 1 N–H and O–H groups in total. The summed E-state index contributed by atoms with van der Waals surface area (Å²) in [6.07, 6.45) is 0.308. The molecule has 2 aromatic heterocycles. The summed E-state index contributed by atoms with van der Waals surface area (Å²) in [7, 11) is 0. The molecule has 3 unspecified atom stereocenters. The van der Waals surface area contributed by atoms with Crippen LogP contribution in [0.1, 0.15) is 36.2 Å². The summed E-state index contributed by atoms with van der Waals surface area (Å²) in [5, 5.41) is 15.1. The monoisotopic (exact) mass is 358 g/mol. The highest BCUT2D eigenvalue weighted by Crippen LogP contribution is 2.40. The number of ether oxygens (including phenoxy) is 1. The van der Waals surface area contributed by atoms with E-state index in [4.69, 9.17) is 4.74 Å². The molecule has 0 radical (unpaired) electrons. The van der Waals surface area contributed by atoms with Crippen molar-refractivity contribution in [2.45, 2.75) is 39.0 Å². The highest BCUT2D eigenvalue weighted by atomic mass is 32.1. The Kier molecular flexibility index (Phi) is 4.23. The molecule has 0 bridgehead atoms. The summed E-state index contributed by atoms with van der Waals surface area (Å²) < 4.78 is 7.44. The lowest BCUT2D eigenvalue weighted by atomic mass is 10.0. The van der Waals surface area contributed by atoms with Gasteiger partial charge in [-0.3, -0.25) is 4.90 Å². The van der Waals surface area contributed by atoms with Gasteiger partial charge in [0, 0.05) is 13.1 Å². The number of rotatable bonds is 3. The van der Waals surface area contributed by atoms with Crippen molar-refractivity contribution in [1.82, 2.24) is 19.5 Å². The van der Waals surface area contributed by atoms with Crippen LogP contribution in [0.15, 0.2) is 30.3 Å². The molecule has 3 heterocycles. The Hall–Kier alpha value is -1.96. The molecule has 0 amide bonds. The third-order valence-electron chi connectivity index (χ3n) is 4.48. The average molecular weight is 358 g/mol. The molecule has 6 nitrogen and oxygen atoms in total. The zero-order chi connectivity index (χ0) is 17.6. The van der Waals surface area contributed by atoms with Crippen LogP contribution in [0.3, 0.4) is 0 Å². The van der Waals surface area contributed by atoms with Gasteiger partial charge in [-0.2, -0.15) is 4.52 Å². The third-order valence-corrected chi connectivity index (χ3v) is 5.55. The summed E-state index contributed by atoms with van der Waals surface area (Å²) in [5.74, 6) is 0.847. The van der Waals surface area contributed by atoms with E-state index in [0.717, 1.165) is 28.5 Å². The van der Waals surface area contributed by atoms with Crippen molar-refractivity contribution in [2.24, 2.45) is 0 Å². The lowest BCUT2D eigenvalue weighted by Crippen LogP contribution is -2.47. The van der Waals surface area contributed by atoms with Gasteiger partial charge in [0.1, 0.15) is 5.82 Å². The number of aromatic nitrogens is 3. The number of morpholine rings is 1. The second-order valence-corrected chi connectivity index (χ2v) is 7.68. The number of hydrogen-bond acceptors (Lipinski definition) is 6. The molecule has 3 aromatic rings. The van der Waals surface area contributed by atoms with E-state index in [1.807, 2.05) is 25.1 Å². The molecule has 1 aromatic carbocycles. The van der Waals surface area contributed by atoms with E-state index in [-0.39, 0.29) is 24.1 Å². The van der Waals surface area contributed by atoms with E-state index >= 15 is 0 Å². The van der Waals surface area contributed by atoms with Crippen LogP contribution in [0.2, 0.25) is 0 Å². The second kappa shape index (κ2) is 6.40. The van der Waals surface area contributed by atoms with Crippen LogP contribution in [-0.4, -0.2) is 49.9 Å². The first-order valence-corrected chi connectivity index (χ1v) is 9.34. The van der Waals surface area contributed by atoms with Gasteiger partial charge in [0.05, 0.1) is 23.1 Å². The normalized spacial score (nSPS) is 23.2. The number of nitrogens with zero attached hydrogens (tertiary/aromatic N) is 4. The summed E-state index contributed by atoms with van der Waals surface area (Å²) in [4.78, 5) is 8.39. The number of benzene rings is 1. The highest BCUT2D eigenvalue weighted by molar-refractivity contribution is 7.17. The van der Waals surface area contributed by atoms with Crippen LogP contribution in [0.5, 0.6) is 5.88 Å². The molecule has 0 spiro atoms. The molecular formula is C18H22N4O2S. The molecule has 7 heteroatoms. The minimum absolute atomic E-state index is 0.0381. The highest BCUT2D eigenvalue weighted by Gasteiger charge is 2.33. The fourth-order valence-corrected chi connectivity index (χ4v) is 4.78. The Balaban J connectivity index is 1.82. The van der Waals surface area contributed by atoms with Gasteiger partial charge in [0.2, 0.25) is 10.8 Å². The first-order valence-electron chi connectivity index (χ1n) is 8.52. The average Bonchev–Trinajstić information content (AvgIpc) is 3.06. The van der Waals surface area contributed by atoms with E-state index in [2.05, 4.69) is 41.0 Å². The molecule has 132 valence electrons. The minimum atomic E-state index is -0.0381. The number of fused-ring (bicyclic) bond motifs is 1. The third kappa shape index (κ3) is 3.03. The van der Waals surface area contributed by atoms with Gasteiger partial charge in [0.15, 0.2) is 0 Å². The zero-order valence-corrected chi connectivity index (χ0v) is 15.4. The van der Waals surface area contributed by atoms with E-state index in [9.17, 15) is 5.11 Å². The molecule has 3 atom stereocenters. The van der Waals surface area contributed by atoms with Crippen LogP contribution >= 0.6 is 11.3 Å². The Bertz CT molecular complexity index is 866. The maximum atomic E-state index is 10.8. The largest absolute Gasteiger partial charge is 0.492 e. The van der Waals surface area contributed by atoms with Crippen molar-refractivity contribution in [1.29, 1.82) is 0 Å². The van der Waals surface area contributed by atoms with Crippen molar-refractivity contribution in [3.8, 4) is 5.88 Å². The van der Waals surface area contributed by atoms with Gasteiger partial charge in [-0.25, -0.2) is 4.98 Å². The predicted octanol–water partition coefficient (Wildman–Crippen LogP) is 3.00. The molecule has 1 saturated heterocycles. The standard InChI is InChI=1S/C18H22N4O2S/c1-11-9-21(10-12(2)24-11)15(14-7-5-4-6-8-14)16-17(23)22-18(25-16)19-13(3)20-22/h4-8,11-12,15,23H,9-10H2,1-3H3. The van der Waals surface area contributed by atoms with Gasteiger partial charge in [-0.15, -0.1) is 5.10 Å². The fourth-order valence-electron chi connectivity index (χ4n) is 3.62. The first kappa shape index (κ1) is 16.5. The molecule has 1 aliphatic heterocycles. The SMILES string of the molecule is Cc1nc2sc(C(c3ccccc3)N3CC(C)OC(C)C3)c(O)n2n1. The number of aromatic hydroxyl groups is 1. The predicted molar refractivity (Wildman–Crippen MR) is 97.1 cm³/mol. The van der Waals surface area contributed by atoms with Gasteiger partial charge in [-0.05, 0) is 26.3 Å². The van der Waals surface area contributed by atoms with E-state index < -0.39 is 0 Å².